The van der Waals surface area contributed by atoms with Crippen LogP contribution in [-0.4, -0.2) is 25.5 Å². The van der Waals surface area contributed by atoms with Crippen molar-refractivity contribution in [3.63, 3.8) is 0 Å². The predicted octanol–water partition coefficient (Wildman–Crippen LogP) is 1.85. The number of carbonyl (C=O) groups excluding carboxylic acids is 1. The molecule has 2 N–H and O–H groups in total. The van der Waals surface area contributed by atoms with Crippen molar-refractivity contribution in [2.75, 3.05) is 19.6 Å². The van der Waals surface area contributed by atoms with E-state index in [1.165, 1.54) is 12.8 Å². The lowest BCUT2D eigenvalue weighted by Gasteiger charge is -2.27. The van der Waals surface area contributed by atoms with E-state index in [-0.39, 0.29) is 11.3 Å². The van der Waals surface area contributed by atoms with E-state index >= 15 is 0 Å². The van der Waals surface area contributed by atoms with Gasteiger partial charge in [0.15, 0.2) is 0 Å². The van der Waals surface area contributed by atoms with E-state index in [4.69, 9.17) is 0 Å². The van der Waals surface area contributed by atoms with E-state index in [1.807, 2.05) is 0 Å². The summed E-state index contributed by atoms with van der Waals surface area (Å²) >= 11 is 0. The molecule has 1 fully saturated rings. The van der Waals surface area contributed by atoms with E-state index in [2.05, 4.69) is 29.7 Å². The third-order valence-electron chi connectivity index (χ3n) is 4.33. The number of allylic oxidation sites excluding steroid dienone is 2. The van der Waals surface area contributed by atoms with Gasteiger partial charge in [-0.25, -0.2) is 0 Å². The van der Waals surface area contributed by atoms with E-state index in [1.54, 1.807) is 0 Å². The summed E-state index contributed by atoms with van der Waals surface area (Å²) in [6.07, 6.45) is 9.92. The average Bonchev–Trinajstić information content (AvgIpc) is 2.87. The van der Waals surface area contributed by atoms with Crippen molar-refractivity contribution in [2.24, 2.45) is 11.3 Å². The highest BCUT2D eigenvalue weighted by atomic mass is 16.2. The van der Waals surface area contributed by atoms with Crippen molar-refractivity contribution >= 4 is 5.91 Å². The van der Waals surface area contributed by atoms with Crippen LogP contribution < -0.4 is 10.6 Å². The van der Waals surface area contributed by atoms with E-state index < -0.39 is 0 Å². The molecule has 0 radical (unpaired) electrons. The lowest BCUT2D eigenvalue weighted by Crippen LogP contribution is -2.43. The molecule has 96 valence electrons. The van der Waals surface area contributed by atoms with Gasteiger partial charge in [0, 0.05) is 13.1 Å². The third kappa shape index (κ3) is 2.89. The van der Waals surface area contributed by atoms with Crippen molar-refractivity contribution in [2.45, 2.75) is 39.0 Å². The molecule has 2 aliphatic rings. The second-order valence-electron chi connectivity index (χ2n) is 5.42. The summed E-state index contributed by atoms with van der Waals surface area (Å²) in [5, 5.41) is 6.48. The third-order valence-corrected chi connectivity index (χ3v) is 4.33. The van der Waals surface area contributed by atoms with Crippen molar-refractivity contribution in [1.82, 2.24) is 10.6 Å². The fraction of sp³-hybridized carbons (Fsp3) is 0.786. The molecule has 1 saturated heterocycles. The van der Waals surface area contributed by atoms with E-state index in [0.29, 0.717) is 5.92 Å². The molecule has 1 heterocycles. The Hall–Kier alpha value is -0.830. The summed E-state index contributed by atoms with van der Waals surface area (Å²) in [5.41, 5.74) is -0.134. The first-order valence-corrected chi connectivity index (χ1v) is 6.91. The minimum atomic E-state index is -0.134. The van der Waals surface area contributed by atoms with Gasteiger partial charge in [0.1, 0.15) is 0 Å². The first kappa shape index (κ1) is 12.6. The van der Waals surface area contributed by atoms with Gasteiger partial charge in [-0.15, -0.1) is 0 Å². The van der Waals surface area contributed by atoms with Gasteiger partial charge in [-0.05, 0) is 44.6 Å². The second kappa shape index (κ2) is 5.67. The quantitative estimate of drug-likeness (QED) is 0.731. The van der Waals surface area contributed by atoms with Crippen LogP contribution in [-0.2, 0) is 4.79 Å². The Bertz CT molecular complexity index is 293. The van der Waals surface area contributed by atoms with Gasteiger partial charge in [-0.3, -0.25) is 4.79 Å². The van der Waals surface area contributed by atoms with Crippen molar-refractivity contribution in [1.29, 1.82) is 0 Å². The van der Waals surface area contributed by atoms with E-state index in [0.717, 1.165) is 38.9 Å². The molecular weight excluding hydrogens is 212 g/mol. The zero-order valence-electron chi connectivity index (χ0n) is 10.8. The molecule has 17 heavy (non-hydrogen) atoms. The maximum atomic E-state index is 12.3. The Morgan fingerprint density at radius 1 is 1.53 bits per heavy atom. The maximum absolute atomic E-state index is 12.3. The lowest BCUT2D eigenvalue weighted by molar-refractivity contribution is -0.130. The molecule has 0 saturated carbocycles. The van der Waals surface area contributed by atoms with Gasteiger partial charge in [0.2, 0.25) is 5.91 Å². The smallest absolute Gasteiger partial charge is 0.227 e. The van der Waals surface area contributed by atoms with Gasteiger partial charge in [0.25, 0.3) is 0 Å². The van der Waals surface area contributed by atoms with Crippen LogP contribution in [0.5, 0.6) is 0 Å². The number of hydrogen-bond donors (Lipinski definition) is 2. The maximum Gasteiger partial charge on any atom is 0.227 e. The van der Waals surface area contributed by atoms with Crippen LogP contribution in [0.4, 0.5) is 0 Å². The van der Waals surface area contributed by atoms with Crippen LogP contribution in [0.25, 0.3) is 0 Å². The van der Waals surface area contributed by atoms with Crippen molar-refractivity contribution in [3.05, 3.63) is 12.2 Å². The van der Waals surface area contributed by atoms with Crippen LogP contribution in [0.1, 0.15) is 39.0 Å². The number of carbonyl (C=O) groups is 1. The number of nitrogens with one attached hydrogen (secondary N) is 2. The zero-order valence-corrected chi connectivity index (χ0v) is 10.8. The number of rotatable bonds is 4. The molecule has 3 heteroatoms. The van der Waals surface area contributed by atoms with Crippen LogP contribution >= 0.6 is 0 Å². The van der Waals surface area contributed by atoms with Crippen LogP contribution in [0, 0.1) is 11.3 Å². The minimum Gasteiger partial charge on any atom is -0.355 e. The first-order chi connectivity index (χ1) is 8.27. The summed E-state index contributed by atoms with van der Waals surface area (Å²) in [4.78, 5) is 12.3. The topological polar surface area (TPSA) is 41.1 Å². The van der Waals surface area contributed by atoms with Crippen LogP contribution in [0.15, 0.2) is 12.2 Å². The fourth-order valence-electron chi connectivity index (χ4n) is 2.87. The lowest BCUT2D eigenvalue weighted by atomic mass is 9.83. The molecule has 2 atom stereocenters. The normalized spacial score (nSPS) is 32.6. The molecule has 1 aliphatic carbocycles. The summed E-state index contributed by atoms with van der Waals surface area (Å²) in [6.45, 7) is 4.80. The SMILES string of the molecule is CCC1(C(=O)NCC2CC=CCC2)CCNC1. The number of hydrogen-bond acceptors (Lipinski definition) is 2. The summed E-state index contributed by atoms with van der Waals surface area (Å²) < 4.78 is 0. The summed E-state index contributed by atoms with van der Waals surface area (Å²) in [6, 6.07) is 0. The average molecular weight is 236 g/mol. The van der Waals surface area contributed by atoms with Crippen LogP contribution in [0.2, 0.25) is 0 Å². The molecule has 0 aromatic heterocycles. The van der Waals surface area contributed by atoms with Gasteiger partial charge in [0.05, 0.1) is 5.41 Å². The largest absolute Gasteiger partial charge is 0.355 e. The Kier molecular flexibility index (Phi) is 4.21. The zero-order chi connectivity index (χ0) is 12.1. The predicted molar refractivity (Wildman–Crippen MR) is 69.7 cm³/mol. The first-order valence-electron chi connectivity index (χ1n) is 6.91. The van der Waals surface area contributed by atoms with Gasteiger partial charge < -0.3 is 10.6 Å². The van der Waals surface area contributed by atoms with Gasteiger partial charge >= 0.3 is 0 Å². The molecular formula is C14H24N2O. The molecule has 1 aliphatic heterocycles. The van der Waals surface area contributed by atoms with E-state index in [9.17, 15) is 4.79 Å². The molecule has 2 unspecified atom stereocenters. The minimum absolute atomic E-state index is 0.134. The highest BCUT2D eigenvalue weighted by molar-refractivity contribution is 5.83. The Balaban J connectivity index is 1.81. The Labute approximate surface area is 104 Å². The molecule has 1 amide bonds. The van der Waals surface area contributed by atoms with Crippen LogP contribution in [0.3, 0.4) is 0 Å². The Morgan fingerprint density at radius 2 is 2.41 bits per heavy atom. The van der Waals surface area contributed by atoms with Gasteiger partial charge in [-0.2, -0.15) is 0 Å². The molecule has 3 nitrogen and oxygen atoms in total. The Morgan fingerprint density at radius 3 is 3.00 bits per heavy atom. The highest BCUT2D eigenvalue weighted by Gasteiger charge is 2.39. The number of amides is 1. The highest BCUT2D eigenvalue weighted by Crippen LogP contribution is 2.29. The molecule has 0 bridgehead atoms. The standard InChI is InChI=1S/C14H24N2O/c1-2-14(8-9-15-11-14)13(17)16-10-12-6-4-3-5-7-12/h3-4,12,15H,2,5-11H2,1H3,(H,16,17). The second-order valence-corrected chi connectivity index (χ2v) is 5.42. The van der Waals surface area contributed by atoms with Crippen molar-refractivity contribution < 1.29 is 4.79 Å². The summed E-state index contributed by atoms with van der Waals surface area (Å²) in [5.74, 6) is 0.909. The molecule has 0 aromatic rings. The molecule has 2 rings (SSSR count). The fourth-order valence-corrected chi connectivity index (χ4v) is 2.87. The molecule has 0 aromatic carbocycles. The summed E-state index contributed by atoms with van der Waals surface area (Å²) in [7, 11) is 0. The monoisotopic (exact) mass is 236 g/mol. The van der Waals surface area contributed by atoms with Crippen molar-refractivity contribution in [3.8, 4) is 0 Å². The van der Waals surface area contributed by atoms with Gasteiger partial charge in [-0.1, -0.05) is 19.1 Å². The molecule has 0 spiro atoms.